The van der Waals surface area contributed by atoms with Crippen molar-refractivity contribution in [1.29, 1.82) is 0 Å². The van der Waals surface area contributed by atoms with Crippen LogP contribution in [0.3, 0.4) is 0 Å². The maximum absolute atomic E-state index is 12.6. The van der Waals surface area contributed by atoms with E-state index in [4.69, 9.17) is 9.47 Å². The number of hydrogen-bond donors (Lipinski definition) is 2. The molecule has 152 valence electrons. The third kappa shape index (κ3) is 6.05. The average Bonchev–Trinajstić information content (AvgIpc) is 2.63. The van der Waals surface area contributed by atoms with Crippen molar-refractivity contribution in [2.45, 2.75) is 31.7 Å². The van der Waals surface area contributed by atoms with Crippen LogP contribution in [0.2, 0.25) is 0 Å². The van der Waals surface area contributed by atoms with Gasteiger partial charge >= 0.3 is 0 Å². The molecule has 0 aliphatic carbocycles. The smallest absolute Gasteiger partial charge is 0.255 e. The van der Waals surface area contributed by atoms with Crippen molar-refractivity contribution in [3.05, 3.63) is 53.6 Å². The minimum atomic E-state index is -3.60. The van der Waals surface area contributed by atoms with Gasteiger partial charge in [0.15, 0.2) is 0 Å². The molecule has 8 heteroatoms. The summed E-state index contributed by atoms with van der Waals surface area (Å²) in [6.45, 7) is 6.21. The first-order valence-electron chi connectivity index (χ1n) is 8.89. The molecule has 0 bridgehead atoms. The first kappa shape index (κ1) is 21.9. The number of methoxy groups -OCH3 is 1. The van der Waals surface area contributed by atoms with Gasteiger partial charge in [-0.3, -0.25) is 4.79 Å². The van der Waals surface area contributed by atoms with Crippen LogP contribution >= 0.6 is 0 Å². The normalized spacial score (nSPS) is 11.5. The van der Waals surface area contributed by atoms with Crippen molar-refractivity contribution >= 4 is 21.6 Å². The molecule has 28 heavy (non-hydrogen) atoms. The molecule has 2 aromatic rings. The van der Waals surface area contributed by atoms with Crippen LogP contribution in [0, 0.1) is 6.92 Å². The van der Waals surface area contributed by atoms with E-state index in [1.807, 2.05) is 19.1 Å². The summed E-state index contributed by atoms with van der Waals surface area (Å²) in [6, 6.07) is 11.0. The molecule has 0 heterocycles. The number of carbonyl (C=O) groups excluding carboxylic acids is 1. The van der Waals surface area contributed by atoms with Gasteiger partial charge in [0.05, 0.1) is 17.2 Å². The number of benzene rings is 2. The molecular weight excluding hydrogens is 380 g/mol. The first-order valence-corrected chi connectivity index (χ1v) is 10.4. The van der Waals surface area contributed by atoms with Gasteiger partial charge in [-0.15, -0.1) is 0 Å². The molecule has 0 radical (unpaired) electrons. The Morgan fingerprint density at radius 1 is 1.07 bits per heavy atom. The summed E-state index contributed by atoms with van der Waals surface area (Å²) in [6.07, 6.45) is 0. The first-order chi connectivity index (χ1) is 13.2. The van der Waals surface area contributed by atoms with E-state index in [1.54, 1.807) is 27.0 Å². The number of carbonyl (C=O) groups is 1. The molecule has 0 saturated carbocycles. The van der Waals surface area contributed by atoms with E-state index in [9.17, 15) is 13.2 Å². The van der Waals surface area contributed by atoms with Crippen LogP contribution in [0.4, 0.5) is 5.69 Å². The van der Waals surface area contributed by atoms with Crippen LogP contribution < -0.4 is 14.8 Å². The summed E-state index contributed by atoms with van der Waals surface area (Å²) in [5.74, 6) is 0.187. The SMILES string of the molecule is COCCOc1cc(C)ccc1NC(=O)c1ccc(S(=O)(=O)NC(C)C)cc1. The van der Waals surface area contributed by atoms with Gasteiger partial charge in [0, 0.05) is 18.7 Å². The summed E-state index contributed by atoms with van der Waals surface area (Å²) in [5, 5.41) is 2.80. The minimum Gasteiger partial charge on any atom is -0.489 e. The largest absolute Gasteiger partial charge is 0.489 e. The summed E-state index contributed by atoms with van der Waals surface area (Å²) < 4.78 is 37.5. The molecule has 0 aliphatic heterocycles. The second-order valence-corrected chi connectivity index (χ2v) is 8.31. The van der Waals surface area contributed by atoms with E-state index in [1.165, 1.54) is 24.3 Å². The van der Waals surface area contributed by atoms with E-state index < -0.39 is 10.0 Å². The number of rotatable bonds is 9. The zero-order valence-corrected chi connectivity index (χ0v) is 17.3. The lowest BCUT2D eigenvalue weighted by Crippen LogP contribution is -2.30. The highest BCUT2D eigenvalue weighted by atomic mass is 32.2. The van der Waals surface area contributed by atoms with Crippen LogP contribution in [-0.2, 0) is 14.8 Å². The average molecular weight is 407 g/mol. The number of aryl methyl sites for hydroxylation is 1. The predicted molar refractivity (Wildman–Crippen MR) is 108 cm³/mol. The number of anilines is 1. The maximum atomic E-state index is 12.6. The van der Waals surface area contributed by atoms with Gasteiger partial charge in [-0.2, -0.15) is 0 Å². The van der Waals surface area contributed by atoms with Gasteiger partial charge in [-0.25, -0.2) is 13.1 Å². The highest BCUT2D eigenvalue weighted by Crippen LogP contribution is 2.26. The molecule has 0 saturated heterocycles. The lowest BCUT2D eigenvalue weighted by molar-refractivity contribution is 0.102. The van der Waals surface area contributed by atoms with Gasteiger partial charge in [-0.1, -0.05) is 6.07 Å². The third-order valence-corrected chi connectivity index (χ3v) is 5.42. The number of sulfonamides is 1. The predicted octanol–water partition coefficient (Wildman–Crippen LogP) is 2.96. The highest BCUT2D eigenvalue weighted by Gasteiger charge is 2.16. The van der Waals surface area contributed by atoms with Gasteiger partial charge < -0.3 is 14.8 Å². The van der Waals surface area contributed by atoms with E-state index in [0.29, 0.717) is 30.2 Å². The van der Waals surface area contributed by atoms with Gasteiger partial charge in [-0.05, 0) is 62.7 Å². The Kier molecular flexibility index (Phi) is 7.56. The Hall–Kier alpha value is -2.42. The number of ether oxygens (including phenoxy) is 2. The van der Waals surface area contributed by atoms with Crippen molar-refractivity contribution in [3.8, 4) is 5.75 Å². The second-order valence-electron chi connectivity index (χ2n) is 6.60. The highest BCUT2D eigenvalue weighted by molar-refractivity contribution is 7.89. The van der Waals surface area contributed by atoms with Gasteiger partial charge in [0.2, 0.25) is 10.0 Å². The van der Waals surface area contributed by atoms with Crippen molar-refractivity contribution in [2.75, 3.05) is 25.6 Å². The maximum Gasteiger partial charge on any atom is 0.255 e. The van der Waals surface area contributed by atoms with Crippen molar-refractivity contribution in [1.82, 2.24) is 4.72 Å². The molecule has 1 amide bonds. The topological polar surface area (TPSA) is 93.7 Å². The minimum absolute atomic E-state index is 0.108. The van der Waals surface area contributed by atoms with E-state index in [-0.39, 0.29) is 16.8 Å². The Balaban J connectivity index is 2.15. The van der Waals surface area contributed by atoms with Crippen molar-refractivity contribution < 1.29 is 22.7 Å². The Morgan fingerprint density at radius 2 is 1.75 bits per heavy atom. The zero-order chi connectivity index (χ0) is 20.7. The molecule has 2 N–H and O–H groups in total. The second kappa shape index (κ2) is 9.68. The van der Waals surface area contributed by atoms with Crippen LogP contribution in [0.5, 0.6) is 5.75 Å². The fourth-order valence-electron chi connectivity index (χ4n) is 2.45. The molecule has 0 aliphatic rings. The van der Waals surface area contributed by atoms with E-state index in [0.717, 1.165) is 5.56 Å². The van der Waals surface area contributed by atoms with E-state index >= 15 is 0 Å². The van der Waals surface area contributed by atoms with Gasteiger partial charge in [0.1, 0.15) is 12.4 Å². The summed E-state index contributed by atoms with van der Waals surface area (Å²) >= 11 is 0. The van der Waals surface area contributed by atoms with Crippen LogP contribution in [0.15, 0.2) is 47.4 Å². The monoisotopic (exact) mass is 406 g/mol. The quantitative estimate of drug-likeness (QED) is 0.625. The number of nitrogens with one attached hydrogen (secondary N) is 2. The Bertz CT molecular complexity index is 909. The summed E-state index contributed by atoms with van der Waals surface area (Å²) in [5.41, 5.74) is 1.87. The zero-order valence-electron chi connectivity index (χ0n) is 16.5. The number of amides is 1. The molecule has 2 rings (SSSR count). The molecule has 0 fully saturated rings. The summed E-state index contributed by atoms with van der Waals surface area (Å²) in [7, 11) is -2.01. The molecule has 0 atom stereocenters. The Labute approximate surface area is 166 Å². The fraction of sp³-hybridized carbons (Fsp3) is 0.350. The molecule has 7 nitrogen and oxygen atoms in total. The van der Waals surface area contributed by atoms with Crippen LogP contribution in [0.25, 0.3) is 0 Å². The lowest BCUT2D eigenvalue weighted by Gasteiger charge is -2.14. The van der Waals surface area contributed by atoms with Gasteiger partial charge in [0.25, 0.3) is 5.91 Å². The summed E-state index contributed by atoms with van der Waals surface area (Å²) in [4.78, 5) is 12.7. The van der Waals surface area contributed by atoms with Crippen LogP contribution in [0.1, 0.15) is 29.8 Å². The van der Waals surface area contributed by atoms with Crippen molar-refractivity contribution in [3.63, 3.8) is 0 Å². The molecule has 0 unspecified atom stereocenters. The molecule has 0 spiro atoms. The molecule has 0 aromatic heterocycles. The number of hydrogen-bond acceptors (Lipinski definition) is 5. The van der Waals surface area contributed by atoms with Crippen LogP contribution in [-0.4, -0.2) is 40.7 Å². The molecular formula is C20H26N2O5S. The lowest BCUT2D eigenvalue weighted by atomic mass is 10.2. The standard InChI is InChI=1S/C20H26N2O5S/c1-14(2)22-28(24,25)17-8-6-16(7-9-17)20(23)21-18-10-5-15(3)13-19(18)27-12-11-26-4/h5-10,13-14,22H,11-12H2,1-4H3,(H,21,23). The van der Waals surface area contributed by atoms with Crippen molar-refractivity contribution in [2.24, 2.45) is 0 Å². The van der Waals surface area contributed by atoms with E-state index in [2.05, 4.69) is 10.0 Å². The Morgan fingerprint density at radius 3 is 2.36 bits per heavy atom. The fourth-order valence-corrected chi connectivity index (χ4v) is 3.70. The third-order valence-electron chi connectivity index (χ3n) is 3.75. The molecule has 2 aromatic carbocycles.